The second-order valence-corrected chi connectivity index (χ2v) is 5.55. The Morgan fingerprint density at radius 1 is 1.24 bits per heavy atom. The molecule has 2 aromatic heterocycles. The fraction of sp³-hybridized carbons (Fsp3) is 0.286. The molecule has 0 aliphatic heterocycles. The largest absolute Gasteiger partial charge is 0.476 e. The number of carbonyl (C=O) groups is 2. The molecule has 21 heavy (non-hydrogen) atoms. The number of rotatable bonds is 5. The summed E-state index contributed by atoms with van der Waals surface area (Å²) in [6, 6.07) is 3.63. The van der Waals surface area contributed by atoms with Gasteiger partial charge in [0.05, 0.1) is 5.01 Å². The first-order valence-electron chi connectivity index (χ1n) is 6.37. The number of carboxylic acids is 1. The van der Waals surface area contributed by atoms with E-state index in [0.29, 0.717) is 23.7 Å². The smallest absolute Gasteiger partial charge is 0.355 e. The van der Waals surface area contributed by atoms with Crippen LogP contribution in [0.4, 0.5) is 0 Å². The van der Waals surface area contributed by atoms with E-state index in [1.807, 2.05) is 19.9 Å². The summed E-state index contributed by atoms with van der Waals surface area (Å²) in [5.74, 6) is -1.28. The Bertz CT molecular complexity index is 662. The van der Waals surface area contributed by atoms with Crippen LogP contribution in [0.5, 0.6) is 0 Å². The second-order valence-electron chi connectivity index (χ2n) is 4.61. The minimum Gasteiger partial charge on any atom is -0.476 e. The Balaban J connectivity index is 1.90. The zero-order chi connectivity index (χ0) is 15.4. The standard InChI is InChI=1S/C14H15N3O3S/c1-8-5-9(2)16-10(6-8)13(18)15-4-3-12-17-11(7-21-12)14(19)20/h5-7H,3-4H2,1-2H3,(H,15,18)(H,19,20). The normalized spacial score (nSPS) is 10.4. The van der Waals surface area contributed by atoms with Gasteiger partial charge in [-0.2, -0.15) is 0 Å². The number of pyridine rings is 1. The summed E-state index contributed by atoms with van der Waals surface area (Å²) in [7, 11) is 0. The van der Waals surface area contributed by atoms with Crippen LogP contribution >= 0.6 is 11.3 Å². The molecule has 0 aliphatic carbocycles. The fourth-order valence-corrected chi connectivity index (χ4v) is 2.63. The van der Waals surface area contributed by atoms with Crippen molar-refractivity contribution in [1.82, 2.24) is 15.3 Å². The van der Waals surface area contributed by atoms with Crippen molar-refractivity contribution in [3.05, 3.63) is 45.2 Å². The molecule has 0 saturated heterocycles. The summed E-state index contributed by atoms with van der Waals surface area (Å²) in [4.78, 5) is 30.8. The van der Waals surface area contributed by atoms with Crippen LogP contribution in [-0.4, -0.2) is 33.5 Å². The maximum atomic E-state index is 12.0. The van der Waals surface area contributed by atoms with Crippen LogP contribution in [0.3, 0.4) is 0 Å². The SMILES string of the molecule is Cc1cc(C)nc(C(=O)NCCc2nc(C(=O)O)cs2)c1. The van der Waals surface area contributed by atoms with Gasteiger partial charge in [-0.05, 0) is 31.5 Å². The highest BCUT2D eigenvalue weighted by molar-refractivity contribution is 7.09. The van der Waals surface area contributed by atoms with Gasteiger partial charge in [-0.15, -0.1) is 11.3 Å². The molecule has 0 aromatic carbocycles. The van der Waals surface area contributed by atoms with Gasteiger partial charge >= 0.3 is 5.97 Å². The van der Waals surface area contributed by atoms with Crippen molar-refractivity contribution in [1.29, 1.82) is 0 Å². The molecule has 0 unspecified atom stereocenters. The van der Waals surface area contributed by atoms with Gasteiger partial charge < -0.3 is 10.4 Å². The van der Waals surface area contributed by atoms with E-state index in [4.69, 9.17) is 5.11 Å². The number of hydrogen-bond donors (Lipinski definition) is 2. The fourth-order valence-electron chi connectivity index (χ4n) is 1.86. The number of nitrogens with one attached hydrogen (secondary N) is 1. The number of nitrogens with zero attached hydrogens (tertiary/aromatic N) is 2. The highest BCUT2D eigenvalue weighted by Crippen LogP contribution is 2.10. The average molecular weight is 305 g/mol. The first kappa shape index (κ1) is 15.1. The van der Waals surface area contributed by atoms with Crippen LogP contribution in [0.1, 0.15) is 37.2 Å². The quantitative estimate of drug-likeness (QED) is 0.879. The van der Waals surface area contributed by atoms with E-state index in [2.05, 4.69) is 15.3 Å². The third-order valence-corrected chi connectivity index (χ3v) is 3.63. The Morgan fingerprint density at radius 2 is 2.00 bits per heavy atom. The van der Waals surface area contributed by atoms with Gasteiger partial charge in [-0.1, -0.05) is 0 Å². The predicted molar refractivity (Wildman–Crippen MR) is 78.8 cm³/mol. The molecule has 2 rings (SSSR count). The predicted octanol–water partition coefficient (Wildman–Crippen LogP) is 1.83. The van der Waals surface area contributed by atoms with Crippen LogP contribution in [0.2, 0.25) is 0 Å². The highest BCUT2D eigenvalue weighted by atomic mass is 32.1. The van der Waals surface area contributed by atoms with Gasteiger partial charge in [-0.25, -0.2) is 14.8 Å². The molecule has 0 spiro atoms. The maximum absolute atomic E-state index is 12.0. The summed E-state index contributed by atoms with van der Waals surface area (Å²) in [6.07, 6.45) is 0.495. The van der Waals surface area contributed by atoms with Gasteiger partial charge in [0.2, 0.25) is 0 Å². The number of carbonyl (C=O) groups excluding carboxylic acids is 1. The Hall–Kier alpha value is -2.28. The number of thiazole rings is 1. The van der Waals surface area contributed by atoms with E-state index >= 15 is 0 Å². The molecule has 2 heterocycles. The number of aryl methyl sites for hydroxylation is 2. The second kappa shape index (κ2) is 6.45. The Morgan fingerprint density at radius 3 is 2.62 bits per heavy atom. The van der Waals surface area contributed by atoms with E-state index in [1.54, 1.807) is 6.07 Å². The molecular weight excluding hydrogens is 290 g/mol. The molecule has 7 heteroatoms. The highest BCUT2D eigenvalue weighted by Gasteiger charge is 2.10. The summed E-state index contributed by atoms with van der Waals surface area (Å²) < 4.78 is 0. The van der Waals surface area contributed by atoms with Gasteiger partial charge in [0.25, 0.3) is 5.91 Å². The average Bonchev–Trinajstić information content (AvgIpc) is 2.86. The summed E-state index contributed by atoms with van der Waals surface area (Å²) in [6.45, 7) is 4.14. The zero-order valence-electron chi connectivity index (χ0n) is 11.7. The lowest BCUT2D eigenvalue weighted by Gasteiger charge is -2.05. The van der Waals surface area contributed by atoms with Crippen LogP contribution in [0.25, 0.3) is 0 Å². The van der Waals surface area contributed by atoms with Gasteiger partial charge in [-0.3, -0.25) is 4.79 Å². The van der Waals surface area contributed by atoms with Crippen molar-refractivity contribution < 1.29 is 14.7 Å². The van der Waals surface area contributed by atoms with Crippen molar-refractivity contribution in [2.45, 2.75) is 20.3 Å². The van der Waals surface area contributed by atoms with Crippen molar-refractivity contribution >= 4 is 23.2 Å². The monoisotopic (exact) mass is 305 g/mol. The molecule has 110 valence electrons. The van der Waals surface area contributed by atoms with Crippen molar-refractivity contribution in [2.75, 3.05) is 6.54 Å². The molecule has 1 amide bonds. The zero-order valence-corrected chi connectivity index (χ0v) is 12.5. The van der Waals surface area contributed by atoms with Crippen molar-refractivity contribution in [3.63, 3.8) is 0 Å². The number of aromatic nitrogens is 2. The number of carboxylic acid groups (broad SMARTS) is 1. The first-order chi connectivity index (χ1) is 9.95. The minimum absolute atomic E-state index is 0.0392. The first-order valence-corrected chi connectivity index (χ1v) is 7.25. The number of hydrogen-bond acceptors (Lipinski definition) is 5. The van der Waals surface area contributed by atoms with Gasteiger partial charge in [0, 0.05) is 24.0 Å². The molecule has 0 radical (unpaired) electrons. The van der Waals surface area contributed by atoms with Crippen molar-refractivity contribution in [3.8, 4) is 0 Å². The van der Waals surface area contributed by atoms with E-state index in [0.717, 1.165) is 11.3 Å². The van der Waals surface area contributed by atoms with E-state index in [1.165, 1.54) is 16.7 Å². The van der Waals surface area contributed by atoms with E-state index in [-0.39, 0.29) is 11.6 Å². The van der Waals surface area contributed by atoms with Crippen LogP contribution in [0.15, 0.2) is 17.5 Å². The van der Waals surface area contributed by atoms with Crippen molar-refractivity contribution in [2.24, 2.45) is 0 Å². The van der Waals surface area contributed by atoms with Gasteiger partial charge in [0.1, 0.15) is 5.69 Å². The molecule has 0 fully saturated rings. The molecule has 0 saturated carbocycles. The van der Waals surface area contributed by atoms with Gasteiger partial charge in [0.15, 0.2) is 5.69 Å². The number of aromatic carboxylic acids is 1. The van der Waals surface area contributed by atoms with Crippen LogP contribution in [-0.2, 0) is 6.42 Å². The lowest BCUT2D eigenvalue weighted by molar-refractivity contribution is 0.0690. The molecule has 0 bridgehead atoms. The third kappa shape index (κ3) is 4.09. The molecule has 0 aliphatic rings. The van der Waals surface area contributed by atoms with Crippen LogP contribution < -0.4 is 5.32 Å². The van der Waals surface area contributed by atoms with E-state index in [9.17, 15) is 9.59 Å². The molecule has 2 aromatic rings. The van der Waals surface area contributed by atoms with E-state index < -0.39 is 5.97 Å². The summed E-state index contributed by atoms with van der Waals surface area (Å²) >= 11 is 1.27. The molecule has 2 N–H and O–H groups in total. The number of amides is 1. The summed E-state index contributed by atoms with van der Waals surface area (Å²) in [5.41, 5.74) is 2.21. The van der Waals surface area contributed by atoms with Crippen LogP contribution in [0, 0.1) is 13.8 Å². The molecule has 0 atom stereocenters. The maximum Gasteiger partial charge on any atom is 0.355 e. The molecular formula is C14H15N3O3S. The molecule has 6 nitrogen and oxygen atoms in total. The third-order valence-electron chi connectivity index (χ3n) is 2.73. The Labute approximate surface area is 125 Å². The topological polar surface area (TPSA) is 92.2 Å². The Kier molecular flexibility index (Phi) is 4.64. The lowest BCUT2D eigenvalue weighted by atomic mass is 10.2. The summed E-state index contributed by atoms with van der Waals surface area (Å²) in [5, 5.41) is 13.7. The lowest BCUT2D eigenvalue weighted by Crippen LogP contribution is -2.26. The minimum atomic E-state index is -1.04.